The van der Waals surface area contributed by atoms with E-state index in [0.717, 1.165) is 0 Å². The molecule has 6 heteroatoms. The van der Waals surface area contributed by atoms with Crippen LogP contribution in [0.1, 0.15) is 37.5 Å². The molecule has 0 fully saturated rings. The highest BCUT2D eigenvalue weighted by Crippen LogP contribution is 2.16. The normalized spacial score (nSPS) is 12.0. The number of benzene rings is 1. The van der Waals surface area contributed by atoms with E-state index in [-0.39, 0.29) is 17.7 Å². The van der Waals surface area contributed by atoms with Gasteiger partial charge in [0, 0.05) is 6.42 Å². The molecule has 1 rings (SSSR count). The van der Waals surface area contributed by atoms with Gasteiger partial charge in [-0.1, -0.05) is 0 Å². The molecule has 0 saturated heterocycles. The van der Waals surface area contributed by atoms with E-state index in [1.165, 1.54) is 12.1 Å². The van der Waals surface area contributed by atoms with Crippen LogP contribution in [0.5, 0.6) is 0 Å². The zero-order chi connectivity index (χ0) is 16.9. The lowest BCUT2D eigenvalue weighted by Gasteiger charge is -2.17. The first-order chi connectivity index (χ1) is 10.2. The Balaban J connectivity index is 2.98. The van der Waals surface area contributed by atoms with Crippen molar-refractivity contribution >= 4 is 11.8 Å². The van der Waals surface area contributed by atoms with Gasteiger partial charge in [-0.15, -0.1) is 0 Å². The fourth-order valence-corrected chi connectivity index (χ4v) is 1.76. The molecule has 0 spiro atoms. The number of aliphatic hydroxyl groups excluding tert-OH is 1. The molecule has 0 aliphatic heterocycles. The minimum Gasteiger partial charge on any atom is -0.442 e. The zero-order valence-corrected chi connectivity index (χ0v) is 13.1. The Bertz CT molecular complexity index is 640. The van der Waals surface area contributed by atoms with Gasteiger partial charge >= 0.3 is 6.09 Å². The van der Waals surface area contributed by atoms with Gasteiger partial charge in [0.15, 0.2) is 0 Å². The van der Waals surface area contributed by atoms with Crippen LogP contribution in [0.2, 0.25) is 0 Å². The monoisotopic (exact) mass is 306 g/mol. The highest BCUT2D eigenvalue weighted by molar-refractivity contribution is 5.95. The molecule has 1 aromatic carbocycles. The van der Waals surface area contributed by atoms with Gasteiger partial charge in [0.2, 0.25) is 0 Å². The van der Waals surface area contributed by atoms with Crippen LogP contribution in [0.15, 0.2) is 17.1 Å². The van der Waals surface area contributed by atoms with E-state index < -0.39 is 24.1 Å². The number of hydrogen-bond donors (Lipinski definition) is 1. The summed E-state index contributed by atoms with van der Waals surface area (Å²) in [4.78, 5) is 15.3. The van der Waals surface area contributed by atoms with E-state index in [0.29, 0.717) is 11.1 Å². The van der Waals surface area contributed by atoms with Crippen molar-refractivity contribution in [1.82, 2.24) is 0 Å². The Morgan fingerprint density at radius 2 is 2.09 bits per heavy atom. The summed E-state index contributed by atoms with van der Waals surface area (Å²) in [5, 5.41) is 18.1. The Kier molecular flexibility index (Phi) is 5.77. The average molecular weight is 306 g/mol. The summed E-state index contributed by atoms with van der Waals surface area (Å²) in [6, 6.07) is 4.40. The number of ether oxygens (including phenoxy) is 1. The van der Waals surface area contributed by atoms with Crippen LogP contribution in [0.25, 0.3) is 0 Å². The predicted molar refractivity (Wildman–Crippen MR) is 80.3 cm³/mol. The molecule has 0 heterocycles. The standard InChI is InChI=1S/C16H19FN2O3/c1-10-5-12(8-18)14(17)7-11(10)6-13(9-20)19-15(21)22-16(2,3)4/h5,7,20H,6,9H2,1-4H3/b19-13-. The molecule has 5 nitrogen and oxygen atoms in total. The molecular weight excluding hydrogens is 287 g/mol. The van der Waals surface area contributed by atoms with Gasteiger partial charge < -0.3 is 9.84 Å². The maximum absolute atomic E-state index is 13.7. The van der Waals surface area contributed by atoms with Gasteiger partial charge in [0.25, 0.3) is 0 Å². The van der Waals surface area contributed by atoms with Crippen molar-refractivity contribution < 1.29 is 19.0 Å². The molecule has 0 saturated carbocycles. The van der Waals surface area contributed by atoms with Crippen molar-refractivity contribution in [2.45, 2.75) is 39.7 Å². The molecule has 1 aromatic rings. The number of carbonyl (C=O) groups is 1. The van der Waals surface area contributed by atoms with E-state index in [4.69, 9.17) is 10.00 Å². The largest absolute Gasteiger partial charge is 0.442 e. The number of nitrogens with zero attached hydrogens (tertiary/aromatic N) is 2. The molecular formula is C16H19FN2O3. The summed E-state index contributed by atoms with van der Waals surface area (Å²) in [6.45, 7) is 6.40. The van der Waals surface area contributed by atoms with Gasteiger partial charge in [-0.05, 0) is 51.0 Å². The van der Waals surface area contributed by atoms with Crippen molar-refractivity contribution in [2.24, 2.45) is 4.99 Å². The molecule has 118 valence electrons. The van der Waals surface area contributed by atoms with Crippen LogP contribution in [0, 0.1) is 24.1 Å². The molecule has 0 aromatic heterocycles. The summed E-state index contributed by atoms with van der Waals surface area (Å²) >= 11 is 0. The molecule has 0 unspecified atom stereocenters. The van der Waals surface area contributed by atoms with E-state index in [1.54, 1.807) is 33.8 Å². The SMILES string of the molecule is Cc1cc(C#N)c(F)cc1C/C(CO)=N/C(=O)OC(C)(C)C. The molecule has 1 amide bonds. The number of amides is 1. The third-order valence-electron chi connectivity index (χ3n) is 2.77. The first kappa shape index (κ1) is 17.8. The fraction of sp³-hybridized carbons (Fsp3) is 0.438. The Hall–Kier alpha value is -2.26. The number of hydrogen-bond acceptors (Lipinski definition) is 4. The van der Waals surface area contributed by atoms with Crippen LogP contribution in [-0.4, -0.2) is 29.1 Å². The van der Waals surface area contributed by atoms with Gasteiger partial charge in [-0.3, -0.25) is 0 Å². The fourth-order valence-electron chi connectivity index (χ4n) is 1.76. The second-order valence-electron chi connectivity index (χ2n) is 5.86. The van der Waals surface area contributed by atoms with Crippen LogP contribution < -0.4 is 0 Å². The van der Waals surface area contributed by atoms with Crippen molar-refractivity contribution in [3.05, 3.63) is 34.6 Å². The maximum Gasteiger partial charge on any atom is 0.434 e. The maximum atomic E-state index is 13.7. The van der Waals surface area contributed by atoms with Crippen molar-refractivity contribution in [2.75, 3.05) is 6.61 Å². The van der Waals surface area contributed by atoms with E-state index in [2.05, 4.69) is 4.99 Å². The summed E-state index contributed by atoms with van der Waals surface area (Å²) < 4.78 is 18.7. The minimum atomic E-state index is -0.802. The molecule has 1 N–H and O–H groups in total. The number of aliphatic hydroxyl groups is 1. The topological polar surface area (TPSA) is 82.7 Å². The van der Waals surface area contributed by atoms with Crippen LogP contribution >= 0.6 is 0 Å². The van der Waals surface area contributed by atoms with Gasteiger partial charge in [0.1, 0.15) is 17.5 Å². The minimum absolute atomic E-state index is 0.0455. The molecule has 0 aliphatic carbocycles. The highest BCUT2D eigenvalue weighted by atomic mass is 19.1. The lowest BCUT2D eigenvalue weighted by atomic mass is 10.0. The summed E-state index contributed by atoms with van der Waals surface area (Å²) in [7, 11) is 0. The van der Waals surface area contributed by atoms with Crippen molar-refractivity contribution in [1.29, 1.82) is 5.26 Å². The first-order valence-electron chi connectivity index (χ1n) is 6.75. The van der Waals surface area contributed by atoms with E-state index in [1.807, 2.05) is 0 Å². The van der Waals surface area contributed by atoms with Crippen LogP contribution in [0.4, 0.5) is 9.18 Å². The third kappa shape index (κ3) is 5.26. The quantitative estimate of drug-likeness (QED) is 0.870. The number of aliphatic imine (C=N–C) groups is 1. The second kappa shape index (κ2) is 7.14. The lowest BCUT2D eigenvalue weighted by molar-refractivity contribution is 0.0603. The smallest absolute Gasteiger partial charge is 0.434 e. The molecule has 0 bridgehead atoms. The highest BCUT2D eigenvalue weighted by Gasteiger charge is 2.17. The number of aryl methyl sites for hydroxylation is 1. The summed E-state index contributed by atoms with van der Waals surface area (Å²) in [6.07, 6.45) is -0.701. The average Bonchev–Trinajstić information content (AvgIpc) is 2.39. The van der Waals surface area contributed by atoms with Gasteiger partial charge in [-0.2, -0.15) is 10.3 Å². The van der Waals surface area contributed by atoms with Gasteiger partial charge in [0.05, 0.1) is 17.9 Å². The lowest BCUT2D eigenvalue weighted by Crippen LogP contribution is -2.23. The summed E-state index contributed by atoms with van der Waals surface area (Å²) in [5.74, 6) is -0.641. The molecule has 0 radical (unpaired) electrons. The van der Waals surface area contributed by atoms with E-state index in [9.17, 15) is 14.3 Å². The Morgan fingerprint density at radius 1 is 1.45 bits per heavy atom. The molecule has 22 heavy (non-hydrogen) atoms. The number of halogens is 1. The Morgan fingerprint density at radius 3 is 2.59 bits per heavy atom. The van der Waals surface area contributed by atoms with Gasteiger partial charge in [-0.25, -0.2) is 9.18 Å². The molecule has 0 atom stereocenters. The molecule has 0 aliphatic rings. The second-order valence-corrected chi connectivity index (χ2v) is 5.86. The predicted octanol–water partition coefficient (Wildman–Crippen LogP) is 2.92. The third-order valence-corrected chi connectivity index (χ3v) is 2.77. The zero-order valence-electron chi connectivity index (χ0n) is 13.1. The van der Waals surface area contributed by atoms with Crippen LogP contribution in [-0.2, 0) is 11.2 Å². The van der Waals surface area contributed by atoms with Crippen LogP contribution in [0.3, 0.4) is 0 Å². The number of rotatable bonds is 3. The van der Waals surface area contributed by atoms with Crippen molar-refractivity contribution in [3.63, 3.8) is 0 Å². The number of carbonyl (C=O) groups excluding carboxylic acids is 1. The first-order valence-corrected chi connectivity index (χ1v) is 6.75. The Labute approximate surface area is 129 Å². The van der Waals surface area contributed by atoms with E-state index >= 15 is 0 Å². The summed E-state index contributed by atoms with van der Waals surface area (Å²) in [5.41, 5.74) is 0.672. The van der Waals surface area contributed by atoms with Crippen molar-refractivity contribution in [3.8, 4) is 6.07 Å². The number of nitriles is 1.